The molecule has 0 fully saturated rings. The highest BCUT2D eigenvalue weighted by Crippen LogP contribution is 2.13. The quantitative estimate of drug-likeness (QED) is 0.363. The van der Waals surface area contributed by atoms with Gasteiger partial charge in [0.25, 0.3) is 0 Å². The number of hydrogen-bond acceptors (Lipinski definition) is 1. The highest BCUT2D eigenvalue weighted by molar-refractivity contribution is 6.34. The molecule has 0 spiro atoms. The Labute approximate surface area is 90.1 Å². The molecule has 0 saturated carbocycles. The number of ketones is 1. The van der Waals surface area contributed by atoms with Crippen LogP contribution in [0.3, 0.4) is 0 Å². The molecule has 0 bridgehead atoms. The summed E-state index contributed by atoms with van der Waals surface area (Å²) in [7, 11) is 0. The summed E-state index contributed by atoms with van der Waals surface area (Å²) in [6, 6.07) is 0. The van der Waals surface area contributed by atoms with E-state index in [0.29, 0.717) is 5.03 Å². The largest absolute Gasteiger partial charge is 0.293 e. The number of allylic oxidation sites excluding steroid dienone is 2. The molecule has 1 nitrogen and oxygen atoms in total. The average molecular weight is 223 g/mol. The molecule has 0 aromatic rings. The van der Waals surface area contributed by atoms with Crippen molar-refractivity contribution in [3.63, 3.8) is 0 Å². The Bertz CT molecular complexity index is 176. The zero-order valence-electron chi connectivity index (χ0n) is 7.98. The number of carbonyl (C=O) groups excluding carboxylic acids is 1. The SMILES string of the molecule is CCCCCC/C(Cl)=C\C(=O)CCl. The van der Waals surface area contributed by atoms with Crippen LogP contribution in [0.4, 0.5) is 0 Å². The van der Waals surface area contributed by atoms with Crippen molar-refractivity contribution in [1.82, 2.24) is 0 Å². The van der Waals surface area contributed by atoms with Gasteiger partial charge in [-0.1, -0.05) is 37.8 Å². The number of alkyl halides is 1. The minimum atomic E-state index is -0.109. The molecule has 0 aliphatic heterocycles. The van der Waals surface area contributed by atoms with E-state index < -0.39 is 0 Å². The predicted octanol–water partition coefficient (Wildman–Crippen LogP) is 3.89. The maximum Gasteiger partial charge on any atom is 0.171 e. The standard InChI is InChI=1S/C10H16Cl2O/c1-2-3-4-5-6-9(12)7-10(13)8-11/h7H,2-6,8H2,1H3/b9-7+. The van der Waals surface area contributed by atoms with Gasteiger partial charge in [0.05, 0.1) is 5.88 Å². The third-order valence-electron chi connectivity index (χ3n) is 1.72. The lowest BCUT2D eigenvalue weighted by Gasteiger charge is -1.98. The summed E-state index contributed by atoms with van der Waals surface area (Å²) in [6.07, 6.45) is 6.90. The van der Waals surface area contributed by atoms with E-state index in [0.717, 1.165) is 12.8 Å². The van der Waals surface area contributed by atoms with E-state index in [9.17, 15) is 4.79 Å². The average Bonchev–Trinajstić information content (AvgIpc) is 2.12. The zero-order valence-corrected chi connectivity index (χ0v) is 9.50. The highest BCUT2D eigenvalue weighted by Gasteiger charge is 1.98. The molecule has 0 radical (unpaired) electrons. The molecule has 0 amide bonds. The van der Waals surface area contributed by atoms with Crippen molar-refractivity contribution in [2.24, 2.45) is 0 Å². The number of unbranched alkanes of at least 4 members (excludes halogenated alkanes) is 3. The Morgan fingerprint density at radius 1 is 1.31 bits per heavy atom. The minimum absolute atomic E-state index is 0.0190. The van der Waals surface area contributed by atoms with Gasteiger partial charge in [-0.2, -0.15) is 0 Å². The van der Waals surface area contributed by atoms with E-state index in [2.05, 4.69) is 6.92 Å². The van der Waals surface area contributed by atoms with Crippen LogP contribution in [0.25, 0.3) is 0 Å². The van der Waals surface area contributed by atoms with Gasteiger partial charge in [0, 0.05) is 5.03 Å². The number of rotatable bonds is 7. The van der Waals surface area contributed by atoms with Crippen LogP contribution in [0.5, 0.6) is 0 Å². The third kappa shape index (κ3) is 8.32. The maximum absolute atomic E-state index is 10.8. The van der Waals surface area contributed by atoms with E-state index >= 15 is 0 Å². The van der Waals surface area contributed by atoms with Crippen molar-refractivity contribution in [2.45, 2.75) is 39.0 Å². The number of hydrogen-bond donors (Lipinski definition) is 0. The maximum atomic E-state index is 10.8. The van der Waals surface area contributed by atoms with Crippen LogP contribution in [0.2, 0.25) is 0 Å². The summed E-state index contributed by atoms with van der Waals surface area (Å²) in [5, 5.41) is 0.627. The molecule has 76 valence electrons. The fourth-order valence-electron chi connectivity index (χ4n) is 1.01. The van der Waals surface area contributed by atoms with Gasteiger partial charge in [0.2, 0.25) is 0 Å². The number of halogens is 2. The van der Waals surface area contributed by atoms with E-state index in [1.165, 1.54) is 25.3 Å². The Morgan fingerprint density at radius 2 is 2.00 bits per heavy atom. The first-order valence-corrected chi connectivity index (χ1v) is 5.56. The summed E-state index contributed by atoms with van der Waals surface area (Å²) >= 11 is 11.1. The fraction of sp³-hybridized carbons (Fsp3) is 0.700. The van der Waals surface area contributed by atoms with Crippen molar-refractivity contribution in [1.29, 1.82) is 0 Å². The minimum Gasteiger partial charge on any atom is -0.293 e. The summed E-state index contributed by atoms with van der Waals surface area (Å²) in [4.78, 5) is 10.8. The van der Waals surface area contributed by atoms with E-state index in [4.69, 9.17) is 23.2 Å². The van der Waals surface area contributed by atoms with Gasteiger partial charge in [-0.05, 0) is 18.9 Å². The van der Waals surface area contributed by atoms with Crippen LogP contribution in [-0.2, 0) is 4.79 Å². The molecule has 13 heavy (non-hydrogen) atoms. The first-order valence-electron chi connectivity index (χ1n) is 4.65. The monoisotopic (exact) mass is 222 g/mol. The summed E-state index contributed by atoms with van der Waals surface area (Å²) in [6.45, 7) is 2.16. The van der Waals surface area contributed by atoms with Gasteiger partial charge < -0.3 is 0 Å². The van der Waals surface area contributed by atoms with Gasteiger partial charge >= 0.3 is 0 Å². The molecule has 0 aromatic carbocycles. The van der Waals surface area contributed by atoms with Gasteiger partial charge in [-0.15, -0.1) is 11.6 Å². The molecule has 0 N–H and O–H groups in total. The van der Waals surface area contributed by atoms with Crippen molar-refractivity contribution < 1.29 is 4.79 Å². The van der Waals surface area contributed by atoms with Crippen LogP contribution in [0.1, 0.15) is 39.0 Å². The normalized spacial score (nSPS) is 11.8. The molecular formula is C10H16Cl2O. The Morgan fingerprint density at radius 3 is 2.54 bits per heavy atom. The van der Waals surface area contributed by atoms with Crippen LogP contribution >= 0.6 is 23.2 Å². The Hall–Kier alpha value is -0.0100. The van der Waals surface area contributed by atoms with Gasteiger partial charge in [-0.25, -0.2) is 0 Å². The summed E-state index contributed by atoms with van der Waals surface area (Å²) in [5.74, 6) is -0.0901. The van der Waals surface area contributed by atoms with Gasteiger partial charge in [0.1, 0.15) is 0 Å². The first-order chi connectivity index (χ1) is 6.20. The molecule has 0 aliphatic carbocycles. The molecule has 0 unspecified atom stereocenters. The van der Waals surface area contributed by atoms with Crippen LogP contribution < -0.4 is 0 Å². The first kappa shape index (κ1) is 13.0. The lowest BCUT2D eigenvalue weighted by atomic mass is 10.1. The molecule has 0 aromatic heterocycles. The molecule has 0 rings (SSSR count). The number of carbonyl (C=O) groups is 1. The second kappa shape index (κ2) is 8.58. The summed E-state index contributed by atoms with van der Waals surface area (Å²) in [5.41, 5.74) is 0. The van der Waals surface area contributed by atoms with Crippen molar-refractivity contribution in [3.8, 4) is 0 Å². The Kier molecular flexibility index (Phi) is 8.58. The Balaban J connectivity index is 3.55. The zero-order chi connectivity index (χ0) is 10.1. The van der Waals surface area contributed by atoms with E-state index in [-0.39, 0.29) is 11.7 Å². The summed E-state index contributed by atoms with van der Waals surface area (Å²) < 4.78 is 0. The molecule has 0 aliphatic rings. The topological polar surface area (TPSA) is 17.1 Å². The third-order valence-corrected chi connectivity index (χ3v) is 2.28. The second-order valence-corrected chi connectivity index (χ2v) is 3.75. The van der Waals surface area contributed by atoms with Crippen LogP contribution in [0.15, 0.2) is 11.1 Å². The van der Waals surface area contributed by atoms with Crippen LogP contribution in [-0.4, -0.2) is 11.7 Å². The van der Waals surface area contributed by atoms with Crippen molar-refractivity contribution in [2.75, 3.05) is 5.88 Å². The molecule has 0 heterocycles. The molecule has 3 heteroatoms. The molecule has 0 atom stereocenters. The lowest BCUT2D eigenvalue weighted by Crippen LogP contribution is -1.93. The van der Waals surface area contributed by atoms with Gasteiger partial charge in [0.15, 0.2) is 5.78 Å². The van der Waals surface area contributed by atoms with Gasteiger partial charge in [-0.3, -0.25) is 4.79 Å². The predicted molar refractivity (Wildman–Crippen MR) is 58.4 cm³/mol. The molecular weight excluding hydrogens is 207 g/mol. The van der Waals surface area contributed by atoms with Crippen LogP contribution in [0, 0.1) is 0 Å². The van der Waals surface area contributed by atoms with E-state index in [1.807, 2.05) is 0 Å². The fourth-order valence-corrected chi connectivity index (χ4v) is 1.34. The second-order valence-electron chi connectivity index (χ2n) is 3.00. The van der Waals surface area contributed by atoms with E-state index in [1.54, 1.807) is 0 Å². The van der Waals surface area contributed by atoms with Crippen molar-refractivity contribution in [3.05, 3.63) is 11.1 Å². The smallest absolute Gasteiger partial charge is 0.171 e. The highest BCUT2D eigenvalue weighted by atomic mass is 35.5. The molecule has 0 saturated heterocycles. The van der Waals surface area contributed by atoms with Crippen molar-refractivity contribution >= 4 is 29.0 Å². The lowest BCUT2D eigenvalue weighted by molar-refractivity contribution is -0.112.